The Labute approximate surface area is 97.0 Å². The smallest absolute Gasteiger partial charge is 0.382 e. The maximum absolute atomic E-state index is 11.2. The third kappa shape index (κ3) is 4.21. The molecule has 0 amide bonds. The average molecular weight is 262 g/mol. The molecule has 88 valence electrons. The van der Waals surface area contributed by atoms with Gasteiger partial charge in [-0.3, -0.25) is 4.18 Å². The van der Waals surface area contributed by atoms with Gasteiger partial charge in [0.2, 0.25) is 0 Å². The zero-order valence-electron chi connectivity index (χ0n) is 8.36. The van der Waals surface area contributed by atoms with Crippen LogP contribution >= 0.6 is 10.8 Å². The summed E-state index contributed by atoms with van der Waals surface area (Å²) in [6.07, 6.45) is -0.710. The molecule has 0 aromatic heterocycles. The highest BCUT2D eigenvalue weighted by molar-refractivity contribution is 8.76. The van der Waals surface area contributed by atoms with E-state index in [4.69, 9.17) is 5.11 Å². The second kappa shape index (κ2) is 5.33. The van der Waals surface area contributed by atoms with Crippen LogP contribution in [-0.2, 0) is 13.3 Å². The summed E-state index contributed by atoms with van der Waals surface area (Å²) < 4.78 is 27.1. The molecule has 0 aliphatic rings. The number of hydrogen-bond acceptors (Lipinski definition) is 5. The highest BCUT2D eigenvalue weighted by Crippen LogP contribution is 2.24. The number of benzene rings is 1. The Morgan fingerprint density at radius 3 is 2.44 bits per heavy atom. The first kappa shape index (κ1) is 13.0. The molecule has 0 saturated heterocycles. The van der Waals surface area contributed by atoms with Crippen LogP contribution in [0.25, 0.3) is 0 Å². The molecule has 0 heterocycles. The fourth-order valence-corrected chi connectivity index (χ4v) is 2.74. The Morgan fingerprint density at radius 1 is 1.38 bits per heavy atom. The highest BCUT2D eigenvalue weighted by Gasteiger charge is 2.22. The van der Waals surface area contributed by atoms with E-state index in [-0.39, 0.29) is 10.8 Å². The topological polar surface area (TPSA) is 80.7 Å². The summed E-state index contributed by atoms with van der Waals surface area (Å²) in [6, 6.07) is 8.67. The molecule has 0 aliphatic carbocycles. The molecule has 1 aromatic carbocycles. The molecule has 1 aromatic rings. The minimum Gasteiger partial charge on any atom is -0.472 e. The van der Waals surface area contributed by atoms with Crippen LogP contribution in [0, 0.1) is 0 Å². The van der Waals surface area contributed by atoms with Gasteiger partial charge >= 0.3 is 14.5 Å². The summed E-state index contributed by atoms with van der Waals surface area (Å²) in [7, 11) is -4.36. The summed E-state index contributed by atoms with van der Waals surface area (Å²) in [5, 5.41) is 6.82. The summed E-state index contributed by atoms with van der Waals surface area (Å²) in [5.41, 5.74) is 0.664. The molecule has 0 spiro atoms. The number of carboxylic acid groups (broad SMARTS) is 1. The van der Waals surface area contributed by atoms with Crippen LogP contribution < -0.4 is 0 Å². The number of carbonyl (C=O) groups is 1. The second-order valence-corrected chi connectivity index (χ2v) is 6.16. The van der Waals surface area contributed by atoms with E-state index in [1.54, 1.807) is 30.3 Å². The zero-order valence-corrected chi connectivity index (χ0v) is 9.99. The van der Waals surface area contributed by atoms with Crippen molar-refractivity contribution in [3.63, 3.8) is 0 Å². The molecule has 1 rings (SSSR count). The van der Waals surface area contributed by atoms with E-state index < -0.39 is 20.6 Å². The highest BCUT2D eigenvalue weighted by atomic mass is 33.1. The van der Waals surface area contributed by atoms with Gasteiger partial charge in [0.1, 0.15) is 16.9 Å². The minimum absolute atomic E-state index is 0.254. The quantitative estimate of drug-likeness (QED) is 0.839. The van der Waals surface area contributed by atoms with Crippen LogP contribution in [-0.4, -0.2) is 18.8 Å². The number of hydrogen-bond donors (Lipinski definition) is 1. The fourth-order valence-electron chi connectivity index (χ4n) is 1.06. The molecule has 0 bridgehead atoms. The van der Waals surface area contributed by atoms with Crippen LogP contribution in [0.1, 0.15) is 18.6 Å². The van der Waals surface area contributed by atoms with E-state index in [0.717, 1.165) is 0 Å². The van der Waals surface area contributed by atoms with Crippen molar-refractivity contribution in [3.05, 3.63) is 35.9 Å². The van der Waals surface area contributed by atoms with Crippen LogP contribution in [0.4, 0.5) is 4.79 Å². The maximum atomic E-state index is 11.2. The largest absolute Gasteiger partial charge is 0.472 e. The number of rotatable bonds is 4. The first-order valence-corrected chi connectivity index (χ1v) is 7.05. The SMILES string of the molecule is CC(OS(=O)(=O)SC(=O)O)c1ccccc1. The van der Waals surface area contributed by atoms with Crippen molar-refractivity contribution < 1.29 is 22.5 Å². The van der Waals surface area contributed by atoms with E-state index in [0.29, 0.717) is 5.56 Å². The Morgan fingerprint density at radius 2 is 1.94 bits per heavy atom. The molecule has 16 heavy (non-hydrogen) atoms. The molecule has 1 unspecified atom stereocenters. The van der Waals surface area contributed by atoms with Crippen LogP contribution in [0.3, 0.4) is 0 Å². The van der Waals surface area contributed by atoms with Gasteiger partial charge in [-0.2, -0.15) is 8.42 Å². The molecule has 0 radical (unpaired) electrons. The van der Waals surface area contributed by atoms with Crippen molar-refractivity contribution in [2.24, 2.45) is 0 Å². The van der Waals surface area contributed by atoms with Gasteiger partial charge < -0.3 is 5.11 Å². The Hall–Kier alpha value is -1.05. The Kier molecular flexibility index (Phi) is 4.34. The van der Waals surface area contributed by atoms with Crippen molar-refractivity contribution in [1.29, 1.82) is 0 Å². The van der Waals surface area contributed by atoms with E-state index >= 15 is 0 Å². The first-order valence-electron chi connectivity index (χ1n) is 4.31. The van der Waals surface area contributed by atoms with Gasteiger partial charge in [-0.25, -0.2) is 4.79 Å². The lowest BCUT2D eigenvalue weighted by Crippen LogP contribution is -2.07. The fraction of sp³-hybridized carbons (Fsp3) is 0.222. The first-order chi connectivity index (χ1) is 7.41. The Bertz CT molecular complexity index is 454. The maximum Gasteiger partial charge on any atom is 0.382 e. The lowest BCUT2D eigenvalue weighted by atomic mass is 10.1. The molecular formula is C9H10O5S2. The third-order valence-corrected chi connectivity index (χ3v) is 3.85. The normalized spacial score (nSPS) is 13.3. The predicted octanol–water partition coefficient (Wildman–Crippen LogP) is 2.42. The zero-order chi connectivity index (χ0) is 12.2. The van der Waals surface area contributed by atoms with Crippen molar-refractivity contribution in [1.82, 2.24) is 0 Å². The second-order valence-electron chi connectivity index (χ2n) is 2.91. The van der Waals surface area contributed by atoms with Crippen LogP contribution in [0.5, 0.6) is 0 Å². The van der Waals surface area contributed by atoms with E-state index in [9.17, 15) is 13.2 Å². The molecule has 0 saturated carbocycles. The third-order valence-electron chi connectivity index (χ3n) is 1.70. The summed E-state index contributed by atoms with van der Waals surface area (Å²) in [4.78, 5) is 10.2. The summed E-state index contributed by atoms with van der Waals surface area (Å²) in [5.74, 6) is 0. The van der Waals surface area contributed by atoms with E-state index in [1.807, 2.05) is 0 Å². The summed E-state index contributed by atoms with van der Waals surface area (Å²) >= 11 is 0. The molecule has 0 fully saturated rings. The molecular weight excluding hydrogens is 252 g/mol. The molecule has 7 heteroatoms. The van der Waals surface area contributed by atoms with Crippen molar-refractivity contribution >= 4 is 25.2 Å². The van der Waals surface area contributed by atoms with Crippen molar-refractivity contribution in [2.75, 3.05) is 0 Å². The standard InChI is InChI=1S/C9H10O5S2/c1-7(8-5-3-2-4-6-8)14-16(12,13)15-9(10)11/h2-7H,1H3,(H,10,11). The van der Waals surface area contributed by atoms with Gasteiger partial charge in [-0.15, -0.1) is 0 Å². The van der Waals surface area contributed by atoms with Gasteiger partial charge in [0.15, 0.2) is 0 Å². The molecule has 1 atom stereocenters. The van der Waals surface area contributed by atoms with Crippen molar-refractivity contribution in [2.45, 2.75) is 13.0 Å². The molecule has 0 aliphatic heterocycles. The molecule has 5 nitrogen and oxygen atoms in total. The summed E-state index contributed by atoms with van der Waals surface area (Å²) in [6.45, 7) is 1.54. The van der Waals surface area contributed by atoms with Gasteiger partial charge in [0.25, 0.3) is 0 Å². The lowest BCUT2D eigenvalue weighted by Gasteiger charge is -2.11. The van der Waals surface area contributed by atoms with Gasteiger partial charge in [0.05, 0.1) is 0 Å². The van der Waals surface area contributed by atoms with E-state index in [1.165, 1.54) is 6.92 Å². The van der Waals surface area contributed by atoms with Crippen molar-refractivity contribution in [3.8, 4) is 0 Å². The Balaban J connectivity index is 2.72. The molecule has 1 N–H and O–H groups in total. The van der Waals surface area contributed by atoms with Crippen LogP contribution in [0.15, 0.2) is 30.3 Å². The average Bonchev–Trinajstić information content (AvgIpc) is 2.16. The lowest BCUT2D eigenvalue weighted by molar-refractivity contribution is 0.222. The minimum atomic E-state index is -4.11. The van der Waals surface area contributed by atoms with Crippen LogP contribution in [0.2, 0.25) is 0 Å². The van der Waals surface area contributed by atoms with Gasteiger partial charge in [-0.05, 0) is 12.5 Å². The predicted molar refractivity (Wildman–Crippen MR) is 60.5 cm³/mol. The van der Waals surface area contributed by atoms with Gasteiger partial charge in [0, 0.05) is 0 Å². The van der Waals surface area contributed by atoms with Gasteiger partial charge in [-0.1, -0.05) is 30.3 Å². The monoisotopic (exact) mass is 262 g/mol. The van der Waals surface area contributed by atoms with E-state index in [2.05, 4.69) is 4.18 Å².